The van der Waals surface area contributed by atoms with Gasteiger partial charge in [-0.3, -0.25) is 0 Å². The van der Waals surface area contributed by atoms with Crippen molar-refractivity contribution in [3.63, 3.8) is 0 Å². The number of alkyl halides is 1. The summed E-state index contributed by atoms with van der Waals surface area (Å²) in [5.41, 5.74) is 1.23. The molecule has 0 N–H and O–H groups in total. The molecule has 1 aromatic rings. The van der Waals surface area contributed by atoms with Gasteiger partial charge in [-0.15, -0.1) is 11.6 Å². The Balaban J connectivity index is 1.74. The van der Waals surface area contributed by atoms with Gasteiger partial charge in [0.2, 0.25) is 0 Å². The minimum absolute atomic E-state index is 0.173. The zero-order chi connectivity index (χ0) is 12.7. The second-order valence-electron chi connectivity index (χ2n) is 5.36. The number of benzene rings is 1. The van der Waals surface area contributed by atoms with Crippen LogP contribution >= 0.6 is 27.5 Å². The van der Waals surface area contributed by atoms with Gasteiger partial charge >= 0.3 is 0 Å². The summed E-state index contributed by atoms with van der Waals surface area (Å²) in [4.78, 5) is 0. The van der Waals surface area contributed by atoms with Gasteiger partial charge in [-0.1, -0.05) is 12.5 Å². The van der Waals surface area contributed by atoms with Crippen LogP contribution in [0, 0.1) is 17.8 Å². The molecule has 0 aromatic heterocycles. The molecule has 3 heteroatoms. The number of ether oxygens (including phenoxy) is 1. The quantitative estimate of drug-likeness (QED) is 0.692. The molecular formula is C15H18BrClO. The normalized spacial score (nSPS) is 30.9. The van der Waals surface area contributed by atoms with Crippen LogP contribution in [0.5, 0.6) is 5.75 Å². The Kier molecular flexibility index (Phi) is 3.59. The third kappa shape index (κ3) is 2.18. The number of rotatable bonds is 4. The van der Waals surface area contributed by atoms with E-state index in [1.165, 1.54) is 24.8 Å². The zero-order valence-corrected chi connectivity index (χ0v) is 12.9. The molecule has 2 aliphatic rings. The van der Waals surface area contributed by atoms with Crippen LogP contribution < -0.4 is 4.74 Å². The van der Waals surface area contributed by atoms with Crippen LogP contribution in [-0.2, 0) is 0 Å². The van der Waals surface area contributed by atoms with E-state index in [1.54, 1.807) is 0 Å². The molecule has 18 heavy (non-hydrogen) atoms. The van der Waals surface area contributed by atoms with E-state index in [4.69, 9.17) is 16.3 Å². The Hall–Kier alpha value is -0.210. The van der Waals surface area contributed by atoms with E-state index in [1.807, 2.05) is 13.0 Å². The number of fused-ring (bicyclic) bond motifs is 1. The van der Waals surface area contributed by atoms with Gasteiger partial charge < -0.3 is 4.74 Å². The van der Waals surface area contributed by atoms with Gasteiger partial charge in [-0.25, -0.2) is 0 Å². The van der Waals surface area contributed by atoms with E-state index in [9.17, 15) is 0 Å². The molecule has 0 spiro atoms. The van der Waals surface area contributed by atoms with Crippen LogP contribution in [0.2, 0.25) is 0 Å². The van der Waals surface area contributed by atoms with Gasteiger partial charge in [0.05, 0.1) is 16.5 Å². The molecular weight excluding hydrogens is 312 g/mol. The van der Waals surface area contributed by atoms with E-state index >= 15 is 0 Å². The van der Waals surface area contributed by atoms with Crippen molar-refractivity contribution in [3.8, 4) is 5.75 Å². The lowest BCUT2D eigenvalue weighted by Crippen LogP contribution is -2.00. The maximum absolute atomic E-state index is 6.65. The second-order valence-corrected chi connectivity index (χ2v) is 6.69. The molecule has 3 rings (SSSR count). The summed E-state index contributed by atoms with van der Waals surface area (Å²) < 4.78 is 6.54. The van der Waals surface area contributed by atoms with Gasteiger partial charge in [0.1, 0.15) is 5.75 Å². The molecule has 3 atom stereocenters. The lowest BCUT2D eigenvalue weighted by molar-refractivity contribution is 0.338. The van der Waals surface area contributed by atoms with Crippen LogP contribution in [0.3, 0.4) is 0 Å². The van der Waals surface area contributed by atoms with E-state index < -0.39 is 0 Å². The van der Waals surface area contributed by atoms with Crippen molar-refractivity contribution in [2.75, 3.05) is 6.61 Å². The van der Waals surface area contributed by atoms with Crippen molar-refractivity contribution in [2.45, 2.75) is 31.6 Å². The average Bonchev–Trinajstić information content (AvgIpc) is 2.84. The number of hydrogen-bond donors (Lipinski definition) is 0. The van der Waals surface area contributed by atoms with Crippen LogP contribution in [0.1, 0.15) is 37.1 Å². The molecule has 2 aliphatic carbocycles. The van der Waals surface area contributed by atoms with Crippen LogP contribution in [0.4, 0.5) is 0 Å². The predicted octanol–water partition coefficient (Wildman–Crippen LogP) is 5.17. The first-order valence-electron chi connectivity index (χ1n) is 6.78. The highest BCUT2D eigenvalue weighted by molar-refractivity contribution is 9.10. The van der Waals surface area contributed by atoms with E-state index in [-0.39, 0.29) is 5.38 Å². The standard InChI is InChI=1S/C15H18BrClO/c1-2-18-13-7-6-9(8-12(13)16)15(17)14-10-4-3-5-11(10)14/h6-8,10-11,14-15H,2-5H2,1H3. The topological polar surface area (TPSA) is 9.23 Å². The molecule has 1 nitrogen and oxygen atoms in total. The van der Waals surface area contributed by atoms with Gasteiger partial charge in [0, 0.05) is 0 Å². The Labute approximate surface area is 122 Å². The lowest BCUT2D eigenvalue weighted by atomic mass is 10.0. The zero-order valence-electron chi connectivity index (χ0n) is 10.5. The fourth-order valence-corrected chi connectivity index (χ4v) is 4.51. The second kappa shape index (κ2) is 5.05. The summed E-state index contributed by atoms with van der Waals surface area (Å²) >= 11 is 10.2. The molecule has 0 bridgehead atoms. The third-order valence-corrected chi connectivity index (χ3v) is 5.55. The lowest BCUT2D eigenvalue weighted by Gasteiger charge is -2.14. The molecule has 0 saturated heterocycles. The first kappa shape index (κ1) is 12.8. The monoisotopic (exact) mass is 328 g/mol. The average molecular weight is 330 g/mol. The van der Waals surface area contributed by atoms with Crippen molar-refractivity contribution in [3.05, 3.63) is 28.2 Å². The Morgan fingerprint density at radius 2 is 2.11 bits per heavy atom. The highest BCUT2D eigenvalue weighted by Gasteiger charge is 2.55. The highest BCUT2D eigenvalue weighted by atomic mass is 79.9. The molecule has 3 unspecified atom stereocenters. The summed E-state index contributed by atoms with van der Waals surface area (Å²) in [6, 6.07) is 6.26. The van der Waals surface area contributed by atoms with Crippen LogP contribution in [-0.4, -0.2) is 6.61 Å². The highest BCUT2D eigenvalue weighted by Crippen LogP contribution is 2.63. The fraction of sp³-hybridized carbons (Fsp3) is 0.600. The maximum Gasteiger partial charge on any atom is 0.133 e. The summed E-state index contributed by atoms with van der Waals surface area (Å²) in [7, 11) is 0. The first-order valence-corrected chi connectivity index (χ1v) is 8.01. The Bertz CT molecular complexity index is 438. The van der Waals surface area contributed by atoms with Crippen molar-refractivity contribution in [1.82, 2.24) is 0 Å². The minimum Gasteiger partial charge on any atom is -0.493 e. The summed E-state index contributed by atoms with van der Waals surface area (Å²) in [5.74, 6) is 3.42. The molecule has 2 saturated carbocycles. The Morgan fingerprint density at radius 1 is 1.39 bits per heavy atom. The third-order valence-electron chi connectivity index (χ3n) is 4.38. The molecule has 0 amide bonds. The van der Waals surface area contributed by atoms with Crippen LogP contribution in [0.25, 0.3) is 0 Å². The van der Waals surface area contributed by atoms with Gasteiger partial charge in [-0.05, 0) is 71.1 Å². The van der Waals surface area contributed by atoms with E-state index in [2.05, 4.69) is 28.1 Å². The molecule has 0 aliphatic heterocycles. The van der Waals surface area contributed by atoms with E-state index in [0.29, 0.717) is 12.5 Å². The minimum atomic E-state index is 0.173. The van der Waals surface area contributed by atoms with Crippen molar-refractivity contribution in [2.24, 2.45) is 17.8 Å². The maximum atomic E-state index is 6.65. The van der Waals surface area contributed by atoms with Crippen molar-refractivity contribution < 1.29 is 4.74 Å². The largest absolute Gasteiger partial charge is 0.493 e. The van der Waals surface area contributed by atoms with Gasteiger partial charge in [-0.2, -0.15) is 0 Å². The van der Waals surface area contributed by atoms with Crippen molar-refractivity contribution in [1.29, 1.82) is 0 Å². The molecule has 2 fully saturated rings. The number of halogens is 2. The summed E-state index contributed by atoms with van der Waals surface area (Å²) in [6.45, 7) is 2.69. The van der Waals surface area contributed by atoms with Gasteiger partial charge in [0.25, 0.3) is 0 Å². The summed E-state index contributed by atoms with van der Waals surface area (Å²) in [6.07, 6.45) is 4.18. The van der Waals surface area contributed by atoms with Gasteiger partial charge in [0.15, 0.2) is 0 Å². The first-order chi connectivity index (χ1) is 8.72. The summed E-state index contributed by atoms with van der Waals surface area (Å²) in [5, 5.41) is 0.173. The number of hydrogen-bond acceptors (Lipinski definition) is 1. The molecule has 0 radical (unpaired) electrons. The smallest absolute Gasteiger partial charge is 0.133 e. The molecule has 98 valence electrons. The van der Waals surface area contributed by atoms with Crippen molar-refractivity contribution >= 4 is 27.5 Å². The predicted molar refractivity (Wildman–Crippen MR) is 78.2 cm³/mol. The Morgan fingerprint density at radius 3 is 2.72 bits per heavy atom. The van der Waals surface area contributed by atoms with Crippen LogP contribution in [0.15, 0.2) is 22.7 Å². The fourth-order valence-electron chi connectivity index (χ4n) is 3.49. The molecule has 0 heterocycles. The van der Waals surface area contributed by atoms with E-state index in [0.717, 1.165) is 22.1 Å². The molecule has 1 aromatic carbocycles. The SMILES string of the molecule is CCOc1ccc(C(Cl)C2C3CCCC32)cc1Br.